The van der Waals surface area contributed by atoms with Gasteiger partial charge in [0, 0.05) is 16.3 Å². The number of Topliss-reactive ketones (excluding diaryl/α,β-unsaturated/α-hetero) is 1. The van der Waals surface area contributed by atoms with Crippen molar-refractivity contribution in [3.63, 3.8) is 0 Å². The molecule has 38 heavy (non-hydrogen) atoms. The van der Waals surface area contributed by atoms with Crippen molar-refractivity contribution in [3.05, 3.63) is 99.1 Å². The topological polar surface area (TPSA) is 66.8 Å². The van der Waals surface area contributed by atoms with Gasteiger partial charge in [0.2, 0.25) is 0 Å². The molecule has 6 heteroatoms. The summed E-state index contributed by atoms with van der Waals surface area (Å²) in [6.45, 7) is 14.0. The van der Waals surface area contributed by atoms with Crippen LogP contribution in [0.5, 0.6) is 5.75 Å². The van der Waals surface area contributed by atoms with Crippen molar-refractivity contribution < 1.29 is 19.4 Å². The van der Waals surface area contributed by atoms with Crippen LogP contribution < -0.4 is 9.64 Å². The van der Waals surface area contributed by atoms with Gasteiger partial charge in [-0.15, -0.1) is 0 Å². The van der Waals surface area contributed by atoms with Crippen LogP contribution in [0.3, 0.4) is 0 Å². The number of carbonyl (C=O) groups excluding carboxylic acids is 2. The van der Waals surface area contributed by atoms with Crippen LogP contribution in [-0.4, -0.2) is 22.9 Å². The number of aryl methyl sites for hydroxylation is 2. The van der Waals surface area contributed by atoms with Crippen molar-refractivity contribution >= 4 is 34.7 Å². The Bertz CT molecular complexity index is 1430. The van der Waals surface area contributed by atoms with Gasteiger partial charge in [0.15, 0.2) is 0 Å². The van der Waals surface area contributed by atoms with Gasteiger partial charge in [-0.2, -0.15) is 0 Å². The molecule has 1 heterocycles. The molecule has 0 spiro atoms. The second-order valence-corrected chi connectivity index (χ2v) is 11.6. The molecule has 0 aromatic heterocycles. The van der Waals surface area contributed by atoms with Crippen LogP contribution in [0, 0.1) is 13.8 Å². The third-order valence-corrected chi connectivity index (χ3v) is 7.00. The Morgan fingerprint density at radius 1 is 0.947 bits per heavy atom. The van der Waals surface area contributed by atoms with E-state index < -0.39 is 17.7 Å². The van der Waals surface area contributed by atoms with Gasteiger partial charge in [-0.25, -0.2) is 0 Å². The van der Waals surface area contributed by atoms with Crippen molar-refractivity contribution in [2.45, 2.75) is 66.0 Å². The summed E-state index contributed by atoms with van der Waals surface area (Å²) in [5, 5.41) is 12.1. The van der Waals surface area contributed by atoms with E-state index in [1.807, 2.05) is 52.0 Å². The molecule has 0 radical (unpaired) electrons. The first-order valence-corrected chi connectivity index (χ1v) is 13.1. The Morgan fingerprint density at radius 2 is 1.61 bits per heavy atom. The molecule has 198 valence electrons. The van der Waals surface area contributed by atoms with E-state index in [-0.39, 0.29) is 22.9 Å². The number of hydrogen-bond donors (Lipinski definition) is 1. The van der Waals surface area contributed by atoms with E-state index in [4.69, 9.17) is 16.3 Å². The average Bonchev–Trinajstić information content (AvgIpc) is 3.09. The summed E-state index contributed by atoms with van der Waals surface area (Å²) in [5.41, 5.74) is 4.41. The second kappa shape index (κ2) is 10.3. The molecule has 1 amide bonds. The van der Waals surface area contributed by atoms with E-state index in [1.165, 1.54) is 4.90 Å². The monoisotopic (exact) mass is 531 g/mol. The highest BCUT2D eigenvalue weighted by Crippen LogP contribution is 2.44. The van der Waals surface area contributed by atoms with Crippen LogP contribution in [0.4, 0.5) is 5.69 Å². The quantitative estimate of drug-likeness (QED) is 0.208. The molecule has 5 nitrogen and oxygen atoms in total. The number of ether oxygens (including phenoxy) is 1. The lowest BCUT2D eigenvalue weighted by atomic mass is 9.85. The maximum absolute atomic E-state index is 13.5. The predicted octanol–water partition coefficient (Wildman–Crippen LogP) is 7.67. The van der Waals surface area contributed by atoms with Crippen LogP contribution >= 0.6 is 11.6 Å². The smallest absolute Gasteiger partial charge is 0.300 e. The maximum atomic E-state index is 13.5. The third-order valence-electron chi connectivity index (χ3n) is 6.77. The van der Waals surface area contributed by atoms with Crippen LogP contribution in [0.1, 0.15) is 68.5 Å². The fourth-order valence-electron chi connectivity index (χ4n) is 4.79. The van der Waals surface area contributed by atoms with E-state index in [1.54, 1.807) is 36.4 Å². The molecule has 1 unspecified atom stereocenters. The minimum absolute atomic E-state index is 0.00263. The lowest BCUT2D eigenvalue weighted by molar-refractivity contribution is -0.132. The molecule has 3 aromatic carbocycles. The molecule has 1 saturated heterocycles. The zero-order valence-corrected chi connectivity index (χ0v) is 23.7. The third kappa shape index (κ3) is 5.21. The van der Waals surface area contributed by atoms with Gasteiger partial charge in [-0.3, -0.25) is 14.5 Å². The summed E-state index contributed by atoms with van der Waals surface area (Å²) in [6.07, 6.45) is -0.00263. The van der Waals surface area contributed by atoms with Gasteiger partial charge < -0.3 is 9.84 Å². The molecule has 1 fully saturated rings. The van der Waals surface area contributed by atoms with Crippen molar-refractivity contribution in [2.75, 3.05) is 4.90 Å². The summed E-state index contributed by atoms with van der Waals surface area (Å²) < 4.78 is 5.83. The van der Waals surface area contributed by atoms with Gasteiger partial charge in [0.1, 0.15) is 11.5 Å². The maximum Gasteiger partial charge on any atom is 0.300 e. The Kier molecular flexibility index (Phi) is 7.44. The number of benzene rings is 3. The largest absolute Gasteiger partial charge is 0.507 e. The predicted molar refractivity (Wildman–Crippen MR) is 153 cm³/mol. The Hall–Kier alpha value is -3.57. The van der Waals surface area contributed by atoms with E-state index in [0.29, 0.717) is 22.0 Å². The van der Waals surface area contributed by atoms with Gasteiger partial charge >= 0.3 is 0 Å². The Labute approximate surface area is 229 Å². The molecule has 1 aliphatic rings. The second-order valence-electron chi connectivity index (χ2n) is 11.1. The normalized spacial score (nSPS) is 17.4. The fraction of sp³-hybridized carbons (Fsp3) is 0.312. The molecule has 3 aromatic rings. The summed E-state index contributed by atoms with van der Waals surface area (Å²) in [4.78, 5) is 28.5. The van der Waals surface area contributed by atoms with E-state index in [9.17, 15) is 14.7 Å². The Balaban J connectivity index is 1.92. The number of rotatable bonds is 5. The molecule has 0 aliphatic carbocycles. The van der Waals surface area contributed by atoms with Crippen molar-refractivity contribution in [3.8, 4) is 5.75 Å². The summed E-state index contributed by atoms with van der Waals surface area (Å²) in [6, 6.07) is 17.5. The van der Waals surface area contributed by atoms with E-state index in [2.05, 4.69) is 20.8 Å². The number of ketones is 1. The van der Waals surface area contributed by atoms with E-state index >= 15 is 0 Å². The summed E-state index contributed by atoms with van der Waals surface area (Å²) in [5.74, 6) is -0.954. The SMILES string of the molecule is Cc1cc(/C(O)=C2\C(=O)C(=O)N(c3ccc(Cl)cc3C)C2c2ccc(C(C)(C)C)cc2)ccc1OC(C)C. The average molecular weight is 532 g/mol. The van der Waals surface area contributed by atoms with Crippen LogP contribution in [0.2, 0.25) is 5.02 Å². The zero-order chi connectivity index (χ0) is 27.9. The van der Waals surface area contributed by atoms with Crippen molar-refractivity contribution in [1.82, 2.24) is 0 Å². The first-order valence-electron chi connectivity index (χ1n) is 12.7. The van der Waals surface area contributed by atoms with Crippen LogP contribution in [-0.2, 0) is 15.0 Å². The van der Waals surface area contributed by atoms with Crippen molar-refractivity contribution in [1.29, 1.82) is 0 Å². The molecule has 0 saturated carbocycles. The highest BCUT2D eigenvalue weighted by Gasteiger charge is 2.47. The van der Waals surface area contributed by atoms with Gasteiger partial charge in [-0.05, 0) is 91.8 Å². The lowest BCUT2D eigenvalue weighted by Crippen LogP contribution is -2.30. The molecule has 1 aliphatic heterocycles. The minimum Gasteiger partial charge on any atom is -0.507 e. The number of hydrogen-bond acceptors (Lipinski definition) is 4. The highest BCUT2D eigenvalue weighted by atomic mass is 35.5. The number of amides is 1. The number of aliphatic hydroxyl groups is 1. The molecule has 1 atom stereocenters. The minimum atomic E-state index is -0.809. The molecule has 4 rings (SSSR count). The Morgan fingerprint density at radius 3 is 2.16 bits per heavy atom. The summed E-state index contributed by atoms with van der Waals surface area (Å²) >= 11 is 6.19. The van der Waals surface area contributed by atoms with Gasteiger partial charge in [0.05, 0.1) is 17.7 Å². The zero-order valence-electron chi connectivity index (χ0n) is 22.9. The number of halogens is 1. The number of anilines is 1. The number of nitrogens with zero attached hydrogens (tertiary/aromatic N) is 1. The van der Waals surface area contributed by atoms with Crippen molar-refractivity contribution in [2.24, 2.45) is 0 Å². The molecular weight excluding hydrogens is 498 g/mol. The summed E-state index contributed by atoms with van der Waals surface area (Å²) in [7, 11) is 0. The molecular formula is C32H34ClNO4. The number of carbonyl (C=O) groups is 2. The van der Waals surface area contributed by atoms with Crippen LogP contribution in [0.25, 0.3) is 5.76 Å². The first-order chi connectivity index (χ1) is 17.8. The van der Waals surface area contributed by atoms with Crippen LogP contribution in [0.15, 0.2) is 66.2 Å². The molecule has 0 bridgehead atoms. The highest BCUT2D eigenvalue weighted by molar-refractivity contribution is 6.51. The number of aliphatic hydroxyl groups excluding tert-OH is 1. The van der Waals surface area contributed by atoms with E-state index in [0.717, 1.165) is 22.3 Å². The van der Waals surface area contributed by atoms with Gasteiger partial charge in [-0.1, -0.05) is 56.6 Å². The van der Waals surface area contributed by atoms with Gasteiger partial charge in [0.25, 0.3) is 11.7 Å². The first kappa shape index (κ1) is 27.5. The lowest BCUT2D eigenvalue weighted by Gasteiger charge is -2.28. The standard InChI is InChI=1S/C32H34ClNO4/c1-18(2)38-26-15-10-22(16-20(26)4)29(35)27-28(21-8-11-23(12-9-21)32(5,6)7)34(31(37)30(27)36)25-14-13-24(33)17-19(25)3/h8-18,28,35H,1-7H3/b29-27+. The molecule has 1 N–H and O–H groups in total. The fourth-order valence-corrected chi connectivity index (χ4v) is 5.02.